The van der Waals surface area contributed by atoms with Gasteiger partial charge in [-0.1, -0.05) is 0 Å². The standard InChI is InChI=1S/C9H11FN2O/c1-11-6-9(13)12-8-4-2-7(10)3-5-8/h2-5,11H,6H2,1H3,(H,12,13). The van der Waals surface area contributed by atoms with Crippen LogP contribution in [0.1, 0.15) is 0 Å². The van der Waals surface area contributed by atoms with Gasteiger partial charge in [-0.2, -0.15) is 0 Å². The Hall–Kier alpha value is -1.42. The number of nitrogens with one attached hydrogen (secondary N) is 2. The second-order valence-electron chi connectivity index (χ2n) is 2.59. The molecule has 70 valence electrons. The van der Waals surface area contributed by atoms with Crippen molar-refractivity contribution in [2.75, 3.05) is 18.9 Å². The van der Waals surface area contributed by atoms with E-state index in [1.165, 1.54) is 24.3 Å². The zero-order valence-electron chi connectivity index (χ0n) is 7.30. The summed E-state index contributed by atoms with van der Waals surface area (Å²) in [5, 5.41) is 5.31. The summed E-state index contributed by atoms with van der Waals surface area (Å²) in [6, 6.07) is 5.63. The van der Waals surface area contributed by atoms with E-state index in [4.69, 9.17) is 0 Å². The lowest BCUT2D eigenvalue weighted by atomic mass is 10.3. The van der Waals surface area contributed by atoms with Crippen molar-refractivity contribution in [3.05, 3.63) is 30.1 Å². The van der Waals surface area contributed by atoms with Crippen molar-refractivity contribution in [1.82, 2.24) is 5.32 Å². The Balaban J connectivity index is 2.54. The van der Waals surface area contributed by atoms with Gasteiger partial charge in [0, 0.05) is 5.69 Å². The highest BCUT2D eigenvalue weighted by Gasteiger charge is 1.99. The molecule has 1 amide bonds. The molecule has 0 atom stereocenters. The van der Waals surface area contributed by atoms with Gasteiger partial charge in [0.2, 0.25) is 5.91 Å². The van der Waals surface area contributed by atoms with Crippen molar-refractivity contribution in [3.8, 4) is 0 Å². The Morgan fingerprint density at radius 2 is 2.00 bits per heavy atom. The number of rotatable bonds is 3. The molecule has 0 heterocycles. The highest BCUT2D eigenvalue weighted by Crippen LogP contribution is 2.07. The lowest BCUT2D eigenvalue weighted by molar-refractivity contribution is -0.115. The molecule has 1 rings (SSSR count). The van der Waals surface area contributed by atoms with Crippen LogP contribution in [-0.4, -0.2) is 19.5 Å². The van der Waals surface area contributed by atoms with E-state index < -0.39 is 0 Å². The molecule has 2 N–H and O–H groups in total. The normalized spacial score (nSPS) is 9.69. The first-order valence-corrected chi connectivity index (χ1v) is 3.92. The first kappa shape index (κ1) is 9.67. The summed E-state index contributed by atoms with van der Waals surface area (Å²) in [4.78, 5) is 11.0. The van der Waals surface area contributed by atoms with Gasteiger partial charge in [0.15, 0.2) is 0 Å². The highest BCUT2D eigenvalue weighted by molar-refractivity contribution is 5.92. The third kappa shape index (κ3) is 3.21. The average molecular weight is 182 g/mol. The lowest BCUT2D eigenvalue weighted by Crippen LogP contribution is -2.24. The number of benzene rings is 1. The van der Waals surface area contributed by atoms with Gasteiger partial charge < -0.3 is 10.6 Å². The molecule has 0 aliphatic heterocycles. The Morgan fingerprint density at radius 1 is 1.38 bits per heavy atom. The minimum atomic E-state index is -0.313. The van der Waals surface area contributed by atoms with Crippen molar-refractivity contribution in [1.29, 1.82) is 0 Å². The van der Waals surface area contributed by atoms with E-state index in [-0.39, 0.29) is 18.3 Å². The fourth-order valence-electron chi connectivity index (χ4n) is 0.899. The van der Waals surface area contributed by atoms with E-state index in [0.717, 1.165) is 0 Å². The van der Waals surface area contributed by atoms with Gasteiger partial charge >= 0.3 is 0 Å². The van der Waals surface area contributed by atoms with Gasteiger partial charge in [-0.05, 0) is 31.3 Å². The molecule has 0 aliphatic rings. The molecule has 13 heavy (non-hydrogen) atoms. The molecule has 0 aliphatic carbocycles. The fraction of sp³-hybridized carbons (Fsp3) is 0.222. The summed E-state index contributed by atoms with van der Waals surface area (Å²) in [5.74, 6) is -0.458. The van der Waals surface area contributed by atoms with Crippen molar-refractivity contribution in [3.63, 3.8) is 0 Å². The lowest BCUT2D eigenvalue weighted by Gasteiger charge is -2.03. The minimum absolute atomic E-state index is 0.144. The molecule has 3 nitrogen and oxygen atoms in total. The Morgan fingerprint density at radius 3 is 2.54 bits per heavy atom. The maximum atomic E-state index is 12.4. The van der Waals surface area contributed by atoms with Gasteiger partial charge in [0.25, 0.3) is 0 Å². The van der Waals surface area contributed by atoms with Crippen LogP contribution < -0.4 is 10.6 Å². The molecular weight excluding hydrogens is 171 g/mol. The zero-order chi connectivity index (χ0) is 9.68. The molecule has 0 bridgehead atoms. The molecule has 0 fully saturated rings. The van der Waals surface area contributed by atoms with E-state index in [1.54, 1.807) is 7.05 Å². The number of amides is 1. The van der Waals surface area contributed by atoms with Crippen LogP contribution in [0.3, 0.4) is 0 Å². The second-order valence-corrected chi connectivity index (χ2v) is 2.59. The molecule has 4 heteroatoms. The minimum Gasteiger partial charge on any atom is -0.325 e. The summed E-state index contributed by atoms with van der Waals surface area (Å²) in [5.41, 5.74) is 0.599. The van der Waals surface area contributed by atoms with E-state index in [0.29, 0.717) is 5.69 Å². The third-order valence-electron chi connectivity index (χ3n) is 1.47. The predicted octanol–water partition coefficient (Wildman–Crippen LogP) is 0.984. The van der Waals surface area contributed by atoms with Crippen LogP contribution in [0.4, 0.5) is 10.1 Å². The van der Waals surface area contributed by atoms with Crippen LogP contribution in [0.25, 0.3) is 0 Å². The molecule has 1 aromatic carbocycles. The van der Waals surface area contributed by atoms with Crippen LogP contribution in [0.15, 0.2) is 24.3 Å². The van der Waals surface area contributed by atoms with Gasteiger partial charge in [0.1, 0.15) is 5.82 Å². The third-order valence-corrected chi connectivity index (χ3v) is 1.47. The first-order valence-electron chi connectivity index (χ1n) is 3.92. The van der Waals surface area contributed by atoms with Crippen LogP contribution in [0.5, 0.6) is 0 Å². The van der Waals surface area contributed by atoms with E-state index in [1.807, 2.05) is 0 Å². The quantitative estimate of drug-likeness (QED) is 0.731. The summed E-state index contributed by atoms with van der Waals surface area (Å²) in [6.45, 7) is 0.247. The molecule has 0 unspecified atom stereocenters. The molecular formula is C9H11FN2O. The number of halogens is 1. The van der Waals surface area contributed by atoms with E-state index in [2.05, 4.69) is 10.6 Å². The van der Waals surface area contributed by atoms with Crippen molar-refractivity contribution in [2.45, 2.75) is 0 Å². The monoisotopic (exact) mass is 182 g/mol. The fourth-order valence-corrected chi connectivity index (χ4v) is 0.899. The van der Waals surface area contributed by atoms with Crippen molar-refractivity contribution >= 4 is 11.6 Å². The van der Waals surface area contributed by atoms with Gasteiger partial charge in [0.05, 0.1) is 6.54 Å². The molecule has 0 radical (unpaired) electrons. The maximum Gasteiger partial charge on any atom is 0.238 e. The van der Waals surface area contributed by atoms with E-state index in [9.17, 15) is 9.18 Å². The molecule has 0 saturated heterocycles. The smallest absolute Gasteiger partial charge is 0.238 e. The molecule has 0 saturated carbocycles. The Bertz CT molecular complexity index is 284. The summed E-state index contributed by atoms with van der Waals surface area (Å²) in [6.07, 6.45) is 0. The largest absolute Gasteiger partial charge is 0.325 e. The second kappa shape index (κ2) is 4.57. The number of carbonyl (C=O) groups excluding carboxylic acids is 1. The van der Waals surface area contributed by atoms with E-state index >= 15 is 0 Å². The molecule has 1 aromatic rings. The highest BCUT2D eigenvalue weighted by atomic mass is 19.1. The number of carbonyl (C=O) groups is 1. The number of anilines is 1. The predicted molar refractivity (Wildman–Crippen MR) is 49.0 cm³/mol. The molecule has 0 aromatic heterocycles. The first-order chi connectivity index (χ1) is 6.22. The number of hydrogen-bond donors (Lipinski definition) is 2. The van der Waals surface area contributed by atoms with Gasteiger partial charge in [-0.25, -0.2) is 4.39 Å². The maximum absolute atomic E-state index is 12.4. The summed E-state index contributed by atoms with van der Waals surface area (Å²) < 4.78 is 12.4. The summed E-state index contributed by atoms with van der Waals surface area (Å²) in [7, 11) is 1.68. The number of likely N-dealkylation sites (N-methyl/N-ethyl adjacent to an activating group) is 1. The Kier molecular flexibility index (Phi) is 3.40. The summed E-state index contributed by atoms with van der Waals surface area (Å²) >= 11 is 0. The number of hydrogen-bond acceptors (Lipinski definition) is 2. The Labute approximate surface area is 76.0 Å². The topological polar surface area (TPSA) is 41.1 Å². The SMILES string of the molecule is CNCC(=O)Nc1ccc(F)cc1. The van der Waals surface area contributed by atoms with Crippen LogP contribution in [0, 0.1) is 5.82 Å². The van der Waals surface area contributed by atoms with Crippen molar-refractivity contribution in [2.24, 2.45) is 0 Å². The van der Waals surface area contributed by atoms with Crippen LogP contribution in [0.2, 0.25) is 0 Å². The van der Waals surface area contributed by atoms with Crippen LogP contribution in [-0.2, 0) is 4.79 Å². The van der Waals surface area contributed by atoms with Crippen LogP contribution >= 0.6 is 0 Å². The zero-order valence-corrected chi connectivity index (χ0v) is 7.30. The average Bonchev–Trinajstić information content (AvgIpc) is 2.09. The van der Waals surface area contributed by atoms with Gasteiger partial charge in [-0.3, -0.25) is 4.79 Å². The molecule has 0 spiro atoms. The van der Waals surface area contributed by atoms with Gasteiger partial charge in [-0.15, -0.1) is 0 Å². The van der Waals surface area contributed by atoms with Crippen molar-refractivity contribution < 1.29 is 9.18 Å².